The summed E-state index contributed by atoms with van der Waals surface area (Å²) in [4.78, 5) is 17.9. The lowest BCUT2D eigenvalue weighted by Gasteiger charge is -2.34. The van der Waals surface area contributed by atoms with Crippen LogP contribution < -0.4 is 10.2 Å². The van der Waals surface area contributed by atoms with E-state index in [0.29, 0.717) is 20.0 Å². The lowest BCUT2D eigenvalue weighted by Crippen LogP contribution is -2.52. The first-order chi connectivity index (χ1) is 14.8. The van der Waals surface area contributed by atoms with Gasteiger partial charge in [0.05, 0.1) is 15.6 Å². The molecule has 13 heteroatoms. The highest BCUT2D eigenvalue weighted by molar-refractivity contribution is 7.89. The van der Waals surface area contributed by atoms with E-state index in [1.54, 1.807) is 12.3 Å². The molecule has 1 aliphatic rings. The molecule has 0 saturated carbocycles. The number of amides is 1. The highest BCUT2D eigenvalue weighted by Gasteiger charge is 2.55. The normalized spacial score (nSPS) is 17.6. The van der Waals surface area contributed by atoms with E-state index in [-0.39, 0.29) is 28.7 Å². The highest BCUT2D eigenvalue weighted by Crippen LogP contribution is 2.33. The number of aromatic nitrogens is 1. The van der Waals surface area contributed by atoms with Crippen LogP contribution in [0.3, 0.4) is 0 Å². The van der Waals surface area contributed by atoms with Gasteiger partial charge in [-0.05, 0) is 37.3 Å². The largest absolute Gasteiger partial charge is 0.426 e. The first-order valence-corrected chi connectivity index (χ1v) is 11.2. The van der Waals surface area contributed by atoms with E-state index in [9.17, 15) is 31.5 Å². The van der Waals surface area contributed by atoms with Gasteiger partial charge in [0.15, 0.2) is 0 Å². The second-order valence-corrected chi connectivity index (χ2v) is 9.59. The number of anilines is 2. The van der Waals surface area contributed by atoms with Crippen molar-refractivity contribution >= 4 is 39.0 Å². The van der Waals surface area contributed by atoms with E-state index in [2.05, 4.69) is 4.98 Å². The van der Waals surface area contributed by atoms with Gasteiger partial charge in [-0.2, -0.15) is 17.5 Å². The van der Waals surface area contributed by atoms with E-state index in [0.717, 1.165) is 24.0 Å². The predicted octanol–water partition coefficient (Wildman–Crippen LogP) is 2.50. The quantitative estimate of drug-likeness (QED) is 0.665. The van der Waals surface area contributed by atoms with Gasteiger partial charge in [0.2, 0.25) is 15.6 Å². The number of hydrogen-bond donors (Lipinski definition) is 2. The van der Waals surface area contributed by atoms with Crippen LogP contribution in [0.1, 0.15) is 6.92 Å². The zero-order valence-corrected chi connectivity index (χ0v) is 18.4. The number of benzene rings is 1. The Bertz CT molecular complexity index is 1090. The van der Waals surface area contributed by atoms with Gasteiger partial charge in [0.25, 0.3) is 5.91 Å². The smallest absolute Gasteiger partial charge is 0.373 e. The van der Waals surface area contributed by atoms with Crippen molar-refractivity contribution in [1.29, 1.82) is 0 Å². The Morgan fingerprint density at radius 2 is 1.81 bits per heavy atom. The number of rotatable bonds is 5. The van der Waals surface area contributed by atoms with Gasteiger partial charge >= 0.3 is 6.18 Å². The van der Waals surface area contributed by atoms with Crippen molar-refractivity contribution in [3.8, 4) is 0 Å². The molecule has 174 valence electrons. The van der Waals surface area contributed by atoms with Gasteiger partial charge in [0.1, 0.15) is 5.82 Å². The molecule has 32 heavy (non-hydrogen) atoms. The molecule has 0 bridgehead atoms. The van der Waals surface area contributed by atoms with E-state index >= 15 is 0 Å². The van der Waals surface area contributed by atoms with Crippen LogP contribution in [-0.4, -0.2) is 66.7 Å². The molecule has 2 heterocycles. The van der Waals surface area contributed by atoms with Crippen molar-refractivity contribution in [3.05, 3.63) is 47.6 Å². The number of nitrogens with zero attached hydrogens (tertiary/aromatic N) is 3. The lowest BCUT2D eigenvalue weighted by atomic mass is 10.1. The van der Waals surface area contributed by atoms with Crippen molar-refractivity contribution in [1.82, 2.24) is 9.29 Å². The number of pyridine rings is 1. The van der Waals surface area contributed by atoms with Crippen LogP contribution >= 0.6 is 11.6 Å². The van der Waals surface area contributed by atoms with Crippen LogP contribution in [0.2, 0.25) is 5.02 Å². The zero-order chi connectivity index (χ0) is 23.7. The maximum absolute atomic E-state index is 13.0. The molecule has 3 rings (SSSR count). The van der Waals surface area contributed by atoms with E-state index in [4.69, 9.17) is 11.6 Å². The number of nitrogens with one attached hydrogen (secondary N) is 1. The Balaban J connectivity index is 1.72. The fourth-order valence-corrected chi connectivity index (χ4v) is 4.72. The summed E-state index contributed by atoms with van der Waals surface area (Å²) in [6, 6.07) is 8.69. The summed E-state index contributed by atoms with van der Waals surface area (Å²) in [5, 5.41) is 11.0. The molecule has 0 unspecified atom stereocenters. The van der Waals surface area contributed by atoms with Crippen LogP contribution in [0.15, 0.2) is 47.5 Å². The first-order valence-electron chi connectivity index (χ1n) is 9.40. The Hall–Kier alpha value is -2.41. The monoisotopic (exact) mass is 492 g/mol. The SMILES string of the molecule is C[C@@](O)(C(=O)Nc1ccc(S(=O)(=O)N2CCN(c3ccccn3)CC2)cc1Cl)C(F)(F)F. The number of halogens is 4. The van der Waals surface area contributed by atoms with Gasteiger partial charge in [-0.1, -0.05) is 17.7 Å². The first kappa shape index (κ1) is 24.2. The summed E-state index contributed by atoms with van der Waals surface area (Å²) in [5.41, 5.74) is -3.91. The molecule has 1 fully saturated rings. The van der Waals surface area contributed by atoms with Gasteiger partial charge in [-0.15, -0.1) is 0 Å². The summed E-state index contributed by atoms with van der Waals surface area (Å²) in [6.45, 7) is 1.54. The average molecular weight is 493 g/mol. The third kappa shape index (κ3) is 4.82. The topological polar surface area (TPSA) is 103 Å². The molecule has 0 aliphatic carbocycles. The molecule has 1 aliphatic heterocycles. The third-order valence-corrected chi connectivity index (χ3v) is 7.24. The van der Waals surface area contributed by atoms with Crippen molar-refractivity contribution in [2.24, 2.45) is 0 Å². The molecule has 1 atom stereocenters. The van der Waals surface area contributed by atoms with E-state index in [1.807, 2.05) is 22.3 Å². The lowest BCUT2D eigenvalue weighted by molar-refractivity contribution is -0.242. The fraction of sp³-hybridized carbons (Fsp3) is 0.368. The van der Waals surface area contributed by atoms with Crippen LogP contribution in [0.4, 0.5) is 24.7 Å². The number of alkyl halides is 3. The molecular weight excluding hydrogens is 473 g/mol. The van der Waals surface area contributed by atoms with E-state index in [1.165, 1.54) is 4.31 Å². The summed E-state index contributed by atoms with van der Waals surface area (Å²) in [5.74, 6) is -1.00. The Labute approximate surface area is 187 Å². The summed E-state index contributed by atoms with van der Waals surface area (Å²) in [6.07, 6.45) is -3.56. The maximum atomic E-state index is 13.0. The van der Waals surface area contributed by atoms with Gasteiger partial charge < -0.3 is 15.3 Å². The highest BCUT2D eigenvalue weighted by atomic mass is 35.5. The average Bonchev–Trinajstić information content (AvgIpc) is 2.75. The standard InChI is InChI=1S/C19H20ClF3N4O4S/c1-18(29,19(21,22)23)17(28)25-15-6-5-13(12-14(15)20)32(30,31)27-10-8-26(9-11-27)16-4-2-3-7-24-16/h2-7,12,29H,8-11H2,1H3,(H,25,28)/t18-/m1/s1. The summed E-state index contributed by atoms with van der Waals surface area (Å²) in [7, 11) is -3.93. The number of sulfonamides is 1. The van der Waals surface area contributed by atoms with Gasteiger partial charge in [-0.25, -0.2) is 13.4 Å². The van der Waals surface area contributed by atoms with E-state index < -0.39 is 27.7 Å². The molecule has 1 aromatic carbocycles. The van der Waals surface area contributed by atoms with Crippen LogP contribution in [0.25, 0.3) is 0 Å². The molecule has 2 N–H and O–H groups in total. The number of piperazine rings is 1. The number of aliphatic hydroxyl groups is 1. The second-order valence-electron chi connectivity index (χ2n) is 7.24. The molecule has 0 spiro atoms. The molecule has 0 radical (unpaired) electrons. The molecule has 1 saturated heterocycles. The number of hydrogen-bond acceptors (Lipinski definition) is 6. The minimum atomic E-state index is -5.20. The fourth-order valence-electron chi connectivity index (χ4n) is 2.98. The van der Waals surface area contributed by atoms with Crippen LogP contribution in [0.5, 0.6) is 0 Å². The molecule has 1 amide bonds. The zero-order valence-electron chi connectivity index (χ0n) is 16.8. The van der Waals surface area contributed by atoms with Crippen molar-refractivity contribution in [2.75, 3.05) is 36.4 Å². The second kappa shape index (κ2) is 8.85. The third-order valence-electron chi connectivity index (χ3n) is 5.03. The summed E-state index contributed by atoms with van der Waals surface area (Å²) < 4.78 is 65.6. The number of carbonyl (C=O) groups is 1. The van der Waals surface area contributed by atoms with Crippen molar-refractivity contribution in [2.45, 2.75) is 23.6 Å². The number of carbonyl (C=O) groups excluding carboxylic acids is 1. The van der Waals surface area contributed by atoms with Crippen LogP contribution in [-0.2, 0) is 14.8 Å². The van der Waals surface area contributed by atoms with Crippen LogP contribution in [0, 0.1) is 0 Å². The Morgan fingerprint density at radius 1 is 1.16 bits per heavy atom. The molecule has 8 nitrogen and oxygen atoms in total. The molecular formula is C19H20ClF3N4O4S. The Kier molecular flexibility index (Phi) is 6.70. The predicted molar refractivity (Wildman–Crippen MR) is 112 cm³/mol. The van der Waals surface area contributed by atoms with Crippen molar-refractivity contribution < 1.29 is 31.5 Å². The Morgan fingerprint density at radius 3 is 2.34 bits per heavy atom. The van der Waals surface area contributed by atoms with Gasteiger partial charge in [0, 0.05) is 32.4 Å². The van der Waals surface area contributed by atoms with Gasteiger partial charge in [-0.3, -0.25) is 4.79 Å². The molecule has 1 aromatic heterocycles. The van der Waals surface area contributed by atoms with Crippen molar-refractivity contribution in [3.63, 3.8) is 0 Å². The molecule has 2 aromatic rings. The minimum Gasteiger partial charge on any atom is -0.373 e. The summed E-state index contributed by atoms with van der Waals surface area (Å²) >= 11 is 6.01. The minimum absolute atomic E-state index is 0.172. The maximum Gasteiger partial charge on any atom is 0.426 e.